The summed E-state index contributed by atoms with van der Waals surface area (Å²) in [5.74, 6) is 0.327. The van der Waals surface area contributed by atoms with Gasteiger partial charge in [0.1, 0.15) is 0 Å². The topological polar surface area (TPSA) is 55.8 Å². The van der Waals surface area contributed by atoms with Gasteiger partial charge in [-0.3, -0.25) is 4.79 Å². The minimum atomic E-state index is -0.792. The van der Waals surface area contributed by atoms with Crippen molar-refractivity contribution in [3.8, 4) is 11.5 Å². The molecule has 18 heavy (non-hydrogen) atoms. The number of benzene rings is 1. The number of aryl methyl sites for hydroxylation is 1. The summed E-state index contributed by atoms with van der Waals surface area (Å²) in [4.78, 5) is 10.5. The van der Waals surface area contributed by atoms with Crippen molar-refractivity contribution in [2.75, 3.05) is 14.2 Å². The van der Waals surface area contributed by atoms with Crippen molar-refractivity contribution in [3.05, 3.63) is 22.2 Å². The molecule has 0 amide bonds. The third-order valence-electron chi connectivity index (χ3n) is 2.79. The maximum Gasteiger partial charge on any atom is 0.303 e. The highest BCUT2D eigenvalue weighted by molar-refractivity contribution is 6.32. The summed E-state index contributed by atoms with van der Waals surface area (Å²) < 4.78 is 10.5. The summed E-state index contributed by atoms with van der Waals surface area (Å²) in [6.45, 7) is 1.91. The van der Waals surface area contributed by atoms with Gasteiger partial charge >= 0.3 is 5.97 Å². The van der Waals surface area contributed by atoms with Crippen LogP contribution in [-0.2, 0) is 11.2 Å². The second-order valence-corrected chi connectivity index (χ2v) is 4.36. The molecule has 0 aliphatic rings. The highest BCUT2D eigenvalue weighted by Crippen LogP contribution is 2.39. The molecule has 1 rings (SSSR count). The normalized spacial score (nSPS) is 10.2. The van der Waals surface area contributed by atoms with Crippen LogP contribution >= 0.6 is 11.6 Å². The van der Waals surface area contributed by atoms with Gasteiger partial charge in [0.15, 0.2) is 11.5 Å². The van der Waals surface area contributed by atoms with Crippen LogP contribution in [0, 0.1) is 6.92 Å². The zero-order valence-corrected chi connectivity index (χ0v) is 11.5. The zero-order valence-electron chi connectivity index (χ0n) is 10.7. The Labute approximate surface area is 111 Å². The lowest BCUT2D eigenvalue weighted by atomic mass is 10.0. The second-order valence-electron chi connectivity index (χ2n) is 3.96. The van der Waals surface area contributed by atoms with Crippen LogP contribution in [0.5, 0.6) is 11.5 Å². The molecule has 0 heterocycles. The molecule has 0 spiro atoms. The molecule has 1 aromatic carbocycles. The molecule has 1 N–H and O–H groups in total. The molecule has 0 bridgehead atoms. The van der Waals surface area contributed by atoms with E-state index in [2.05, 4.69) is 0 Å². The van der Waals surface area contributed by atoms with Gasteiger partial charge in [0.25, 0.3) is 0 Å². The lowest BCUT2D eigenvalue weighted by Crippen LogP contribution is -2.01. The molecule has 0 aliphatic carbocycles. The number of halogens is 1. The van der Waals surface area contributed by atoms with Crippen molar-refractivity contribution in [1.82, 2.24) is 0 Å². The smallest absolute Gasteiger partial charge is 0.303 e. The van der Waals surface area contributed by atoms with Crippen molar-refractivity contribution in [2.45, 2.75) is 26.2 Å². The summed E-state index contributed by atoms with van der Waals surface area (Å²) in [7, 11) is 3.09. The van der Waals surface area contributed by atoms with E-state index in [1.807, 2.05) is 6.92 Å². The minimum Gasteiger partial charge on any atom is -0.493 e. The molecule has 0 radical (unpaired) electrons. The Kier molecular flexibility index (Phi) is 5.28. The summed E-state index contributed by atoms with van der Waals surface area (Å²) in [5, 5.41) is 9.10. The van der Waals surface area contributed by atoms with Crippen LogP contribution in [0.15, 0.2) is 6.07 Å². The fourth-order valence-corrected chi connectivity index (χ4v) is 2.17. The Morgan fingerprint density at radius 3 is 2.44 bits per heavy atom. The third-order valence-corrected chi connectivity index (χ3v) is 3.07. The van der Waals surface area contributed by atoms with Crippen molar-refractivity contribution in [1.29, 1.82) is 0 Å². The van der Waals surface area contributed by atoms with Gasteiger partial charge in [-0.25, -0.2) is 0 Å². The lowest BCUT2D eigenvalue weighted by Gasteiger charge is -2.15. The first-order chi connectivity index (χ1) is 8.51. The Balaban J connectivity index is 2.99. The molecule has 0 aliphatic heterocycles. The van der Waals surface area contributed by atoms with E-state index < -0.39 is 5.97 Å². The first-order valence-electron chi connectivity index (χ1n) is 5.63. The van der Waals surface area contributed by atoms with Crippen LogP contribution in [0.25, 0.3) is 0 Å². The van der Waals surface area contributed by atoms with Gasteiger partial charge in [-0.15, -0.1) is 0 Å². The summed E-state index contributed by atoms with van der Waals surface area (Å²) in [5.41, 5.74) is 1.92. The SMILES string of the molecule is COc1c(Cl)cc(CCCC(=O)O)c(C)c1OC. The summed E-state index contributed by atoms with van der Waals surface area (Å²) in [6, 6.07) is 1.81. The van der Waals surface area contributed by atoms with Gasteiger partial charge in [-0.1, -0.05) is 11.6 Å². The largest absolute Gasteiger partial charge is 0.493 e. The Bertz CT molecular complexity index is 443. The van der Waals surface area contributed by atoms with Gasteiger partial charge in [-0.2, -0.15) is 0 Å². The molecular formula is C13H17ClO4. The molecule has 0 saturated heterocycles. The third kappa shape index (κ3) is 3.29. The number of hydrogen-bond acceptors (Lipinski definition) is 3. The van der Waals surface area contributed by atoms with Crippen LogP contribution in [-0.4, -0.2) is 25.3 Å². The van der Waals surface area contributed by atoms with Crippen molar-refractivity contribution < 1.29 is 19.4 Å². The van der Waals surface area contributed by atoms with Crippen LogP contribution in [0.4, 0.5) is 0 Å². The molecule has 5 heteroatoms. The Morgan fingerprint density at radius 2 is 1.94 bits per heavy atom. The average molecular weight is 273 g/mol. The maximum atomic E-state index is 10.5. The van der Waals surface area contributed by atoms with Gasteiger partial charge in [0.2, 0.25) is 0 Å². The summed E-state index contributed by atoms with van der Waals surface area (Å²) >= 11 is 6.11. The van der Waals surface area contributed by atoms with Gasteiger partial charge in [0, 0.05) is 6.42 Å². The van der Waals surface area contributed by atoms with Crippen LogP contribution in [0.2, 0.25) is 5.02 Å². The second kappa shape index (κ2) is 6.50. The van der Waals surface area contributed by atoms with E-state index in [1.54, 1.807) is 13.2 Å². The van der Waals surface area contributed by atoms with E-state index in [1.165, 1.54) is 7.11 Å². The predicted octanol–water partition coefficient (Wildman–Crippen LogP) is 3.07. The lowest BCUT2D eigenvalue weighted by molar-refractivity contribution is -0.137. The first kappa shape index (κ1) is 14.6. The van der Waals surface area contributed by atoms with Crippen molar-refractivity contribution >= 4 is 17.6 Å². The quantitative estimate of drug-likeness (QED) is 0.865. The van der Waals surface area contributed by atoms with Crippen molar-refractivity contribution in [3.63, 3.8) is 0 Å². The van der Waals surface area contributed by atoms with E-state index in [0.29, 0.717) is 29.4 Å². The van der Waals surface area contributed by atoms with Crippen LogP contribution in [0.1, 0.15) is 24.0 Å². The zero-order chi connectivity index (χ0) is 13.7. The monoisotopic (exact) mass is 272 g/mol. The van der Waals surface area contributed by atoms with Crippen LogP contribution in [0.3, 0.4) is 0 Å². The van der Waals surface area contributed by atoms with E-state index >= 15 is 0 Å². The number of aliphatic carboxylic acids is 1. The standard InChI is InChI=1S/C13H17ClO4/c1-8-9(5-4-6-11(15)16)7-10(14)13(18-3)12(8)17-2/h7H,4-6H2,1-3H3,(H,15,16). The molecule has 0 fully saturated rings. The number of carbonyl (C=O) groups is 1. The Hall–Kier alpha value is -1.42. The number of carboxylic acids is 1. The molecule has 0 unspecified atom stereocenters. The van der Waals surface area contributed by atoms with E-state index in [9.17, 15) is 4.79 Å². The highest BCUT2D eigenvalue weighted by atomic mass is 35.5. The van der Waals surface area contributed by atoms with E-state index in [-0.39, 0.29) is 6.42 Å². The molecule has 0 atom stereocenters. The maximum absolute atomic E-state index is 10.5. The average Bonchev–Trinajstić information content (AvgIpc) is 2.32. The van der Waals surface area contributed by atoms with Crippen LogP contribution < -0.4 is 9.47 Å². The van der Waals surface area contributed by atoms with Gasteiger partial charge in [-0.05, 0) is 37.0 Å². The highest BCUT2D eigenvalue weighted by Gasteiger charge is 2.15. The number of carboxylic acid groups (broad SMARTS) is 1. The van der Waals surface area contributed by atoms with Gasteiger partial charge in [0.05, 0.1) is 19.2 Å². The number of methoxy groups -OCH3 is 2. The number of rotatable bonds is 6. The van der Waals surface area contributed by atoms with Crippen molar-refractivity contribution in [2.24, 2.45) is 0 Å². The van der Waals surface area contributed by atoms with E-state index in [0.717, 1.165) is 11.1 Å². The minimum absolute atomic E-state index is 0.144. The summed E-state index contributed by atoms with van der Waals surface area (Å²) in [6.07, 6.45) is 1.37. The molecular weight excluding hydrogens is 256 g/mol. The predicted molar refractivity (Wildman–Crippen MR) is 69.9 cm³/mol. The number of hydrogen-bond donors (Lipinski definition) is 1. The fourth-order valence-electron chi connectivity index (χ4n) is 1.88. The van der Waals surface area contributed by atoms with E-state index in [4.69, 9.17) is 26.2 Å². The first-order valence-corrected chi connectivity index (χ1v) is 6.00. The fraction of sp³-hybridized carbons (Fsp3) is 0.462. The Morgan fingerprint density at radius 1 is 1.33 bits per heavy atom. The number of ether oxygens (including phenoxy) is 2. The molecule has 4 nitrogen and oxygen atoms in total. The molecule has 0 saturated carbocycles. The molecule has 100 valence electrons. The molecule has 1 aromatic rings. The molecule has 0 aromatic heterocycles. The van der Waals surface area contributed by atoms with Gasteiger partial charge < -0.3 is 14.6 Å².